The molecule has 96 valence electrons. The minimum Gasteiger partial charge on any atom is -0.491 e. The van der Waals surface area contributed by atoms with Crippen LogP contribution in [0.1, 0.15) is 25.3 Å². The molecule has 1 atom stereocenters. The summed E-state index contributed by atoms with van der Waals surface area (Å²) in [5, 5.41) is 0. The smallest absolute Gasteiger partial charge is 0.416 e. The largest absolute Gasteiger partial charge is 0.491 e. The first kappa shape index (κ1) is 13.8. The summed E-state index contributed by atoms with van der Waals surface area (Å²) in [5.41, 5.74) is 4.65. The Morgan fingerprint density at radius 1 is 1.35 bits per heavy atom. The molecule has 1 aromatic rings. The summed E-state index contributed by atoms with van der Waals surface area (Å²) in [6.45, 7) is 2.37. The van der Waals surface area contributed by atoms with E-state index in [1.54, 1.807) is 0 Å². The van der Waals surface area contributed by atoms with Gasteiger partial charge in [-0.1, -0.05) is 6.07 Å². The molecular weight excluding hydrogens is 231 g/mol. The van der Waals surface area contributed by atoms with Gasteiger partial charge in [-0.3, -0.25) is 0 Å². The van der Waals surface area contributed by atoms with E-state index in [9.17, 15) is 13.2 Å². The topological polar surface area (TPSA) is 35.2 Å². The van der Waals surface area contributed by atoms with Gasteiger partial charge in [0.05, 0.1) is 11.7 Å². The van der Waals surface area contributed by atoms with Crippen LogP contribution in [0.4, 0.5) is 13.2 Å². The second-order valence-electron chi connectivity index (χ2n) is 3.88. The van der Waals surface area contributed by atoms with E-state index in [0.717, 1.165) is 25.0 Å². The van der Waals surface area contributed by atoms with E-state index in [1.165, 1.54) is 12.1 Å². The highest BCUT2D eigenvalue weighted by Gasteiger charge is 2.30. The number of nitrogens with two attached hydrogens (primary N) is 1. The molecule has 17 heavy (non-hydrogen) atoms. The molecule has 0 amide bonds. The molecule has 1 aromatic carbocycles. The van der Waals surface area contributed by atoms with Crippen LogP contribution in [0.5, 0.6) is 5.75 Å². The minimum absolute atomic E-state index is 0.137. The maximum Gasteiger partial charge on any atom is 0.416 e. The van der Waals surface area contributed by atoms with E-state index < -0.39 is 11.7 Å². The van der Waals surface area contributed by atoms with Crippen LogP contribution in [0.25, 0.3) is 0 Å². The number of ether oxygens (including phenoxy) is 1. The zero-order chi connectivity index (χ0) is 12.9. The second-order valence-corrected chi connectivity index (χ2v) is 3.88. The summed E-state index contributed by atoms with van der Waals surface area (Å²) >= 11 is 0. The lowest BCUT2D eigenvalue weighted by molar-refractivity contribution is -0.137. The molecule has 0 aliphatic carbocycles. The highest BCUT2D eigenvalue weighted by atomic mass is 19.4. The number of hydrogen-bond acceptors (Lipinski definition) is 2. The third kappa shape index (κ3) is 4.65. The molecule has 0 spiro atoms. The van der Waals surface area contributed by atoms with Crippen LogP contribution in [0.15, 0.2) is 24.3 Å². The minimum atomic E-state index is -4.33. The number of benzene rings is 1. The Bertz CT molecular complexity index is 352. The van der Waals surface area contributed by atoms with Crippen LogP contribution >= 0.6 is 0 Å². The van der Waals surface area contributed by atoms with Gasteiger partial charge in [-0.2, -0.15) is 13.2 Å². The molecule has 0 aliphatic rings. The van der Waals surface area contributed by atoms with Crippen molar-refractivity contribution in [3.63, 3.8) is 0 Å². The number of rotatable bonds is 5. The summed E-state index contributed by atoms with van der Waals surface area (Å²) in [5.74, 6) is 0.240. The fourth-order valence-electron chi connectivity index (χ4n) is 1.44. The normalized spacial score (nSPS) is 13.5. The van der Waals surface area contributed by atoms with E-state index in [4.69, 9.17) is 10.5 Å². The quantitative estimate of drug-likeness (QED) is 0.867. The van der Waals surface area contributed by atoms with Gasteiger partial charge in [0.25, 0.3) is 0 Å². The van der Waals surface area contributed by atoms with E-state index in [1.807, 2.05) is 6.92 Å². The first-order chi connectivity index (χ1) is 7.93. The number of hydrogen-bond donors (Lipinski definition) is 1. The van der Waals surface area contributed by atoms with Crippen molar-refractivity contribution in [1.29, 1.82) is 0 Å². The van der Waals surface area contributed by atoms with Gasteiger partial charge in [-0.15, -0.1) is 0 Å². The molecule has 5 heteroatoms. The van der Waals surface area contributed by atoms with Crippen molar-refractivity contribution in [3.05, 3.63) is 29.8 Å². The van der Waals surface area contributed by atoms with E-state index >= 15 is 0 Å². The molecule has 0 aromatic heterocycles. The monoisotopic (exact) mass is 247 g/mol. The first-order valence-corrected chi connectivity index (χ1v) is 5.47. The van der Waals surface area contributed by atoms with E-state index in [0.29, 0.717) is 6.54 Å². The maximum atomic E-state index is 12.4. The highest BCUT2D eigenvalue weighted by Crippen LogP contribution is 2.31. The predicted octanol–water partition coefficient (Wildman–Crippen LogP) is 3.21. The van der Waals surface area contributed by atoms with Crippen molar-refractivity contribution in [3.8, 4) is 5.75 Å². The third-order valence-electron chi connectivity index (χ3n) is 2.31. The van der Waals surface area contributed by atoms with Crippen molar-refractivity contribution < 1.29 is 17.9 Å². The molecule has 2 nitrogen and oxygen atoms in total. The lowest BCUT2D eigenvalue weighted by Crippen LogP contribution is -2.14. The van der Waals surface area contributed by atoms with Crippen LogP contribution in [0.3, 0.4) is 0 Å². The number of halogens is 3. The Labute approximate surface area is 98.6 Å². The molecule has 1 rings (SSSR count). The Morgan fingerprint density at radius 2 is 2.06 bits per heavy atom. The van der Waals surface area contributed by atoms with Crippen LogP contribution in [-0.4, -0.2) is 12.6 Å². The predicted molar refractivity (Wildman–Crippen MR) is 59.8 cm³/mol. The van der Waals surface area contributed by atoms with Gasteiger partial charge in [-0.25, -0.2) is 0 Å². The van der Waals surface area contributed by atoms with Crippen LogP contribution < -0.4 is 10.5 Å². The average Bonchev–Trinajstić information content (AvgIpc) is 2.25. The zero-order valence-electron chi connectivity index (χ0n) is 9.63. The fourth-order valence-corrected chi connectivity index (χ4v) is 1.44. The molecular formula is C12H16F3NO. The van der Waals surface area contributed by atoms with Crippen molar-refractivity contribution in [2.45, 2.75) is 32.0 Å². The Hall–Kier alpha value is -1.23. The molecule has 0 radical (unpaired) electrons. The van der Waals surface area contributed by atoms with E-state index in [-0.39, 0.29) is 11.9 Å². The summed E-state index contributed by atoms with van der Waals surface area (Å²) in [7, 11) is 0. The van der Waals surface area contributed by atoms with Gasteiger partial charge in [0.1, 0.15) is 5.75 Å². The van der Waals surface area contributed by atoms with Crippen molar-refractivity contribution in [1.82, 2.24) is 0 Å². The van der Waals surface area contributed by atoms with Gasteiger partial charge in [-0.05, 0) is 44.5 Å². The average molecular weight is 247 g/mol. The Morgan fingerprint density at radius 3 is 2.65 bits per heavy atom. The lowest BCUT2D eigenvalue weighted by Gasteiger charge is -2.15. The standard InChI is InChI=1S/C12H16F3NO/c1-9(4-3-7-16)17-11-6-2-5-10(8-11)12(13,14)15/h2,5-6,8-9H,3-4,7,16H2,1H3. The van der Waals surface area contributed by atoms with Crippen LogP contribution in [0, 0.1) is 0 Å². The molecule has 1 unspecified atom stereocenters. The fraction of sp³-hybridized carbons (Fsp3) is 0.500. The van der Waals surface area contributed by atoms with Crippen LogP contribution in [0.2, 0.25) is 0 Å². The van der Waals surface area contributed by atoms with Crippen molar-refractivity contribution in [2.24, 2.45) is 5.73 Å². The SMILES string of the molecule is CC(CCCN)Oc1cccc(C(F)(F)F)c1. The van der Waals surface area contributed by atoms with Gasteiger partial charge in [0, 0.05) is 0 Å². The summed E-state index contributed by atoms with van der Waals surface area (Å²) in [4.78, 5) is 0. The molecule has 0 saturated heterocycles. The Kier molecular flexibility index (Phi) is 4.81. The zero-order valence-corrected chi connectivity index (χ0v) is 9.63. The van der Waals surface area contributed by atoms with Gasteiger partial charge < -0.3 is 10.5 Å². The lowest BCUT2D eigenvalue weighted by atomic mass is 10.2. The van der Waals surface area contributed by atoms with Gasteiger partial charge in [0.2, 0.25) is 0 Å². The van der Waals surface area contributed by atoms with Crippen molar-refractivity contribution in [2.75, 3.05) is 6.54 Å². The molecule has 0 saturated carbocycles. The molecule has 2 N–H and O–H groups in total. The highest BCUT2D eigenvalue weighted by molar-refractivity contribution is 5.30. The van der Waals surface area contributed by atoms with Crippen LogP contribution in [-0.2, 0) is 6.18 Å². The Balaban J connectivity index is 2.66. The summed E-state index contributed by atoms with van der Waals surface area (Å²) < 4.78 is 42.7. The molecule has 0 fully saturated rings. The van der Waals surface area contributed by atoms with E-state index in [2.05, 4.69) is 0 Å². The van der Waals surface area contributed by atoms with Crippen molar-refractivity contribution >= 4 is 0 Å². The molecule has 0 heterocycles. The van der Waals surface area contributed by atoms with Gasteiger partial charge in [0.15, 0.2) is 0 Å². The summed E-state index contributed by atoms with van der Waals surface area (Å²) in [6, 6.07) is 4.90. The summed E-state index contributed by atoms with van der Waals surface area (Å²) in [6.07, 6.45) is -2.95. The molecule has 0 aliphatic heterocycles. The van der Waals surface area contributed by atoms with Gasteiger partial charge >= 0.3 is 6.18 Å². The number of alkyl halides is 3. The second kappa shape index (κ2) is 5.91. The third-order valence-corrected chi connectivity index (χ3v) is 2.31. The molecule has 0 bridgehead atoms. The maximum absolute atomic E-state index is 12.4. The first-order valence-electron chi connectivity index (χ1n) is 5.47.